The van der Waals surface area contributed by atoms with Crippen molar-refractivity contribution in [2.45, 2.75) is 19.1 Å². The minimum absolute atomic E-state index is 0.0125. The van der Waals surface area contributed by atoms with Gasteiger partial charge >= 0.3 is 0 Å². The Morgan fingerprint density at radius 1 is 1.55 bits per heavy atom. The first kappa shape index (κ1) is 13.5. The zero-order chi connectivity index (χ0) is 14.1. The van der Waals surface area contributed by atoms with E-state index in [9.17, 15) is 4.39 Å². The molecule has 2 aromatic rings. The number of thiazole rings is 1. The number of fused-ring (bicyclic) bond motifs is 1. The smallest absolute Gasteiger partial charge is 0.131 e. The molecular formula is C14H16FN3OS. The molecule has 6 heteroatoms. The molecule has 1 aromatic heterocycles. The Morgan fingerprint density at radius 2 is 2.40 bits per heavy atom. The summed E-state index contributed by atoms with van der Waals surface area (Å²) in [4.78, 5) is 6.44. The van der Waals surface area contributed by atoms with Gasteiger partial charge in [0.1, 0.15) is 16.6 Å². The summed E-state index contributed by atoms with van der Waals surface area (Å²) in [6, 6.07) is 3.33. The van der Waals surface area contributed by atoms with Crippen molar-refractivity contribution >= 4 is 11.3 Å². The average molecular weight is 293 g/mol. The molecule has 0 saturated carbocycles. The highest BCUT2D eigenvalue weighted by atomic mass is 32.1. The lowest BCUT2D eigenvalue weighted by molar-refractivity contribution is 0.209. The standard InChI is InChI=1S/C14H16FN3OS/c1-19-9-4-10-11(12(15)5-9)7-18(13(10)6-16)8-14-17-2-3-20-14/h2-5,13H,6-8,16H2,1H3. The Kier molecular flexibility index (Phi) is 3.69. The second kappa shape index (κ2) is 5.47. The molecule has 1 aromatic carbocycles. The molecule has 4 nitrogen and oxygen atoms in total. The second-order valence-electron chi connectivity index (χ2n) is 4.76. The monoisotopic (exact) mass is 293 g/mol. The number of nitrogens with two attached hydrogens (primary N) is 1. The first-order valence-electron chi connectivity index (χ1n) is 6.41. The molecule has 0 saturated heterocycles. The number of hydrogen-bond acceptors (Lipinski definition) is 5. The molecule has 3 rings (SSSR count). The van der Waals surface area contributed by atoms with Gasteiger partial charge in [-0.15, -0.1) is 11.3 Å². The van der Waals surface area contributed by atoms with Crippen LogP contribution in [0.1, 0.15) is 22.2 Å². The van der Waals surface area contributed by atoms with Gasteiger partial charge in [0.15, 0.2) is 0 Å². The van der Waals surface area contributed by atoms with Gasteiger partial charge in [-0.05, 0) is 11.6 Å². The minimum Gasteiger partial charge on any atom is -0.497 e. The number of methoxy groups -OCH3 is 1. The van der Waals surface area contributed by atoms with Crippen LogP contribution in [0.25, 0.3) is 0 Å². The summed E-state index contributed by atoms with van der Waals surface area (Å²) in [7, 11) is 1.54. The third-order valence-corrected chi connectivity index (χ3v) is 4.41. The van der Waals surface area contributed by atoms with Gasteiger partial charge in [-0.2, -0.15) is 0 Å². The molecule has 2 heterocycles. The maximum absolute atomic E-state index is 14.1. The number of benzene rings is 1. The van der Waals surface area contributed by atoms with E-state index in [1.807, 2.05) is 11.4 Å². The van der Waals surface area contributed by atoms with Crippen LogP contribution < -0.4 is 10.5 Å². The summed E-state index contributed by atoms with van der Waals surface area (Å²) in [5.74, 6) is 0.315. The van der Waals surface area contributed by atoms with Crippen molar-refractivity contribution < 1.29 is 9.13 Å². The number of rotatable bonds is 4. The van der Waals surface area contributed by atoms with Gasteiger partial charge in [0.2, 0.25) is 0 Å². The van der Waals surface area contributed by atoms with Crippen LogP contribution in [0, 0.1) is 5.82 Å². The summed E-state index contributed by atoms with van der Waals surface area (Å²) in [5.41, 5.74) is 7.54. The molecule has 2 N–H and O–H groups in total. The largest absolute Gasteiger partial charge is 0.497 e. The molecule has 0 spiro atoms. The lowest BCUT2D eigenvalue weighted by Crippen LogP contribution is -2.27. The van der Waals surface area contributed by atoms with Gasteiger partial charge < -0.3 is 10.5 Å². The lowest BCUT2D eigenvalue weighted by Gasteiger charge is -2.22. The normalized spacial score (nSPS) is 18.2. The molecule has 1 unspecified atom stereocenters. The van der Waals surface area contributed by atoms with E-state index < -0.39 is 0 Å². The SMILES string of the molecule is COc1cc(F)c2c(c1)C(CN)N(Cc1nccs1)C2. The lowest BCUT2D eigenvalue weighted by atomic mass is 10.0. The maximum Gasteiger partial charge on any atom is 0.131 e. The fourth-order valence-electron chi connectivity index (χ4n) is 2.67. The summed E-state index contributed by atoms with van der Waals surface area (Å²) in [6.45, 7) is 1.70. The van der Waals surface area contributed by atoms with Gasteiger partial charge in [0, 0.05) is 42.3 Å². The number of ether oxygens (including phenoxy) is 1. The van der Waals surface area contributed by atoms with Crippen molar-refractivity contribution in [3.63, 3.8) is 0 Å². The van der Waals surface area contributed by atoms with Crippen molar-refractivity contribution in [1.82, 2.24) is 9.88 Å². The van der Waals surface area contributed by atoms with Gasteiger partial charge in [0.25, 0.3) is 0 Å². The van der Waals surface area contributed by atoms with E-state index in [0.717, 1.165) is 16.1 Å². The minimum atomic E-state index is -0.223. The van der Waals surface area contributed by atoms with Crippen molar-refractivity contribution in [3.8, 4) is 5.75 Å². The van der Waals surface area contributed by atoms with Crippen LogP contribution in [0.2, 0.25) is 0 Å². The molecule has 0 bridgehead atoms. The molecule has 20 heavy (non-hydrogen) atoms. The number of halogens is 1. The third kappa shape index (κ3) is 2.30. The molecule has 1 aliphatic rings. The van der Waals surface area contributed by atoms with Gasteiger partial charge in [-0.1, -0.05) is 0 Å². The Labute approximate surface area is 121 Å². The van der Waals surface area contributed by atoms with E-state index in [0.29, 0.717) is 25.4 Å². The molecule has 1 aliphatic heterocycles. The zero-order valence-corrected chi connectivity index (χ0v) is 12.0. The molecule has 106 valence electrons. The Bertz CT molecular complexity index is 603. The summed E-state index contributed by atoms with van der Waals surface area (Å²) in [5, 5.41) is 2.96. The van der Waals surface area contributed by atoms with Gasteiger partial charge in [-0.25, -0.2) is 9.37 Å². The zero-order valence-electron chi connectivity index (χ0n) is 11.2. The van der Waals surface area contributed by atoms with E-state index in [4.69, 9.17) is 10.5 Å². The van der Waals surface area contributed by atoms with Crippen LogP contribution in [0.5, 0.6) is 5.75 Å². The first-order chi connectivity index (χ1) is 9.72. The Morgan fingerprint density at radius 3 is 3.05 bits per heavy atom. The van der Waals surface area contributed by atoms with Crippen molar-refractivity contribution in [3.05, 3.63) is 45.7 Å². The molecular weight excluding hydrogens is 277 g/mol. The summed E-state index contributed by atoms with van der Waals surface area (Å²) >= 11 is 1.60. The first-order valence-corrected chi connectivity index (χ1v) is 7.29. The second-order valence-corrected chi connectivity index (χ2v) is 5.74. The summed E-state index contributed by atoms with van der Waals surface area (Å²) in [6.07, 6.45) is 1.78. The van der Waals surface area contributed by atoms with E-state index in [1.54, 1.807) is 24.6 Å². The highest BCUT2D eigenvalue weighted by Gasteiger charge is 2.32. The van der Waals surface area contributed by atoms with Crippen LogP contribution in [-0.4, -0.2) is 23.5 Å². The fourth-order valence-corrected chi connectivity index (χ4v) is 3.31. The van der Waals surface area contributed by atoms with Crippen molar-refractivity contribution in [2.24, 2.45) is 5.73 Å². The van der Waals surface area contributed by atoms with Crippen LogP contribution in [0.3, 0.4) is 0 Å². The van der Waals surface area contributed by atoms with Crippen LogP contribution in [-0.2, 0) is 13.1 Å². The Balaban J connectivity index is 1.92. The molecule has 0 amide bonds. The number of hydrogen-bond donors (Lipinski definition) is 1. The maximum atomic E-state index is 14.1. The highest BCUT2D eigenvalue weighted by molar-refractivity contribution is 7.09. The third-order valence-electron chi connectivity index (χ3n) is 3.65. The van der Waals surface area contributed by atoms with E-state index in [2.05, 4.69) is 9.88 Å². The van der Waals surface area contributed by atoms with Crippen LogP contribution in [0.4, 0.5) is 4.39 Å². The quantitative estimate of drug-likeness (QED) is 0.940. The predicted octanol–water partition coefficient (Wildman–Crippen LogP) is 2.31. The molecule has 0 fully saturated rings. The van der Waals surface area contributed by atoms with E-state index in [-0.39, 0.29) is 11.9 Å². The average Bonchev–Trinajstić information content (AvgIpc) is 3.06. The van der Waals surface area contributed by atoms with Crippen LogP contribution >= 0.6 is 11.3 Å². The van der Waals surface area contributed by atoms with Gasteiger partial charge in [0.05, 0.1) is 13.7 Å². The molecule has 0 radical (unpaired) electrons. The van der Waals surface area contributed by atoms with Crippen LogP contribution in [0.15, 0.2) is 23.7 Å². The highest BCUT2D eigenvalue weighted by Crippen LogP contribution is 2.38. The number of nitrogens with zero attached hydrogens (tertiary/aromatic N) is 2. The number of aromatic nitrogens is 1. The van der Waals surface area contributed by atoms with Crippen molar-refractivity contribution in [1.29, 1.82) is 0 Å². The summed E-state index contributed by atoms with van der Waals surface area (Å²) < 4.78 is 19.3. The fraction of sp³-hybridized carbons (Fsp3) is 0.357. The topological polar surface area (TPSA) is 51.4 Å². The molecule has 0 aliphatic carbocycles. The van der Waals surface area contributed by atoms with E-state index in [1.165, 1.54) is 6.07 Å². The van der Waals surface area contributed by atoms with E-state index >= 15 is 0 Å². The predicted molar refractivity (Wildman–Crippen MR) is 76.1 cm³/mol. The van der Waals surface area contributed by atoms with Gasteiger partial charge in [-0.3, -0.25) is 4.90 Å². The molecule has 1 atom stereocenters. The Hall–Kier alpha value is -1.50. The van der Waals surface area contributed by atoms with Crippen molar-refractivity contribution in [2.75, 3.05) is 13.7 Å².